The number of aliphatic hydroxyl groups excluding tert-OH is 1. The Morgan fingerprint density at radius 2 is 2.20 bits per heavy atom. The van der Waals surface area contributed by atoms with E-state index in [2.05, 4.69) is 0 Å². The third-order valence-corrected chi connectivity index (χ3v) is 3.16. The third kappa shape index (κ3) is 3.47. The number of para-hydroxylation sites is 2. The Morgan fingerprint density at radius 3 is 2.95 bits per heavy atom. The summed E-state index contributed by atoms with van der Waals surface area (Å²) in [7, 11) is 3.45. The molecule has 1 N–H and O–H groups in total. The molecule has 6 nitrogen and oxygen atoms in total. The summed E-state index contributed by atoms with van der Waals surface area (Å²) in [5.74, 6) is -0.350. The Morgan fingerprint density at radius 1 is 1.45 bits per heavy atom. The zero-order chi connectivity index (χ0) is 14.5. The smallest absolute Gasteiger partial charge is 0.408 e. The zero-order valence-electron chi connectivity index (χ0n) is 11.8. The molecule has 0 bridgehead atoms. The molecule has 2 rings (SSSR count). The molecule has 0 spiro atoms. The number of fused-ring (bicyclic) bond motifs is 1. The number of ether oxygens (including phenoxy) is 1. The number of oxazole rings is 1. The highest BCUT2D eigenvalue weighted by atomic mass is 16.5. The number of methoxy groups -OCH3 is 1. The van der Waals surface area contributed by atoms with E-state index in [1.165, 1.54) is 0 Å². The van der Waals surface area contributed by atoms with Crippen molar-refractivity contribution < 1.29 is 14.3 Å². The van der Waals surface area contributed by atoms with Gasteiger partial charge < -0.3 is 19.2 Å². The van der Waals surface area contributed by atoms with E-state index in [-0.39, 0.29) is 5.76 Å². The van der Waals surface area contributed by atoms with Gasteiger partial charge in [-0.15, -0.1) is 0 Å². The van der Waals surface area contributed by atoms with Crippen LogP contribution in [0.2, 0.25) is 0 Å². The zero-order valence-corrected chi connectivity index (χ0v) is 11.8. The summed E-state index contributed by atoms with van der Waals surface area (Å²) >= 11 is 0. The van der Waals surface area contributed by atoms with E-state index >= 15 is 0 Å². The summed E-state index contributed by atoms with van der Waals surface area (Å²) in [4.78, 5) is 13.7. The maximum Gasteiger partial charge on any atom is 0.419 e. The molecule has 0 radical (unpaired) electrons. The summed E-state index contributed by atoms with van der Waals surface area (Å²) in [6.45, 7) is 1.97. The highest BCUT2D eigenvalue weighted by molar-refractivity contribution is 5.72. The largest absolute Gasteiger partial charge is 0.419 e. The molecule has 0 fully saturated rings. The summed E-state index contributed by atoms with van der Waals surface area (Å²) in [5.41, 5.74) is 1.39. The molecule has 0 saturated heterocycles. The van der Waals surface area contributed by atoms with Gasteiger partial charge in [0.25, 0.3) is 0 Å². The second-order valence-electron chi connectivity index (χ2n) is 4.86. The Kier molecular flexibility index (Phi) is 4.94. The van der Waals surface area contributed by atoms with E-state index in [1.807, 2.05) is 30.1 Å². The third-order valence-electron chi connectivity index (χ3n) is 3.16. The quantitative estimate of drug-likeness (QED) is 0.801. The highest BCUT2D eigenvalue weighted by Crippen LogP contribution is 2.11. The molecular weight excluding hydrogens is 260 g/mol. The standard InChI is InChI=1S/C14H20N2O4/c1-15(9-11(17)10-19-2)7-8-16-12-5-3-4-6-13(12)20-14(16)18/h3-6,11,17H,7-10H2,1-2H3. The van der Waals surface area contributed by atoms with Gasteiger partial charge in [-0.3, -0.25) is 4.57 Å². The number of likely N-dealkylation sites (N-methyl/N-ethyl adjacent to an activating group) is 1. The number of nitrogens with zero attached hydrogens (tertiary/aromatic N) is 2. The first-order valence-electron chi connectivity index (χ1n) is 6.55. The normalized spacial score (nSPS) is 13.2. The molecule has 0 aliphatic carbocycles. The van der Waals surface area contributed by atoms with Crippen LogP contribution in [0.4, 0.5) is 0 Å². The molecule has 110 valence electrons. The van der Waals surface area contributed by atoms with Crippen LogP contribution < -0.4 is 5.76 Å². The minimum absolute atomic E-state index is 0.304. The van der Waals surface area contributed by atoms with Crippen molar-refractivity contribution in [2.45, 2.75) is 12.6 Å². The molecule has 1 aromatic heterocycles. The molecule has 6 heteroatoms. The van der Waals surface area contributed by atoms with Gasteiger partial charge in [-0.2, -0.15) is 0 Å². The first kappa shape index (κ1) is 14.8. The van der Waals surface area contributed by atoms with Gasteiger partial charge >= 0.3 is 5.76 Å². The molecule has 0 amide bonds. The molecule has 20 heavy (non-hydrogen) atoms. The van der Waals surface area contributed by atoms with Crippen molar-refractivity contribution in [3.05, 3.63) is 34.8 Å². The van der Waals surface area contributed by atoms with Crippen LogP contribution in [0.5, 0.6) is 0 Å². The molecule has 1 atom stereocenters. The average molecular weight is 280 g/mol. The van der Waals surface area contributed by atoms with Crippen molar-refractivity contribution in [1.82, 2.24) is 9.47 Å². The first-order chi connectivity index (χ1) is 9.61. The fraction of sp³-hybridized carbons (Fsp3) is 0.500. The van der Waals surface area contributed by atoms with Gasteiger partial charge in [0.1, 0.15) is 0 Å². The molecule has 1 unspecified atom stereocenters. The maximum absolute atomic E-state index is 11.8. The van der Waals surface area contributed by atoms with Crippen molar-refractivity contribution in [1.29, 1.82) is 0 Å². The van der Waals surface area contributed by atoms with Crippen LogP contribution in [0.15, 0.2) is 33.5 Å². The maximum atomic E-state index is 11.8. The van der Waals surface area contributed by atoms with Crippen LogP contribution >= 0.6 is 0 Å². The molecule has 0 aliphatic heterocycles. The molecular formula is C14H20N2O4. The Balaban J connectivity index is 1.99. The minimum Gasteiger partial charge on any atom is -0.408 e. The van der Waals surface area contributed by atoms with Crippen molar-refractivity contribution in [3.63, 3.8) is 0 Å². The fourth-order valence-corrected chi connectivity index (χ4v) is 2.19. The lowest BCUT2D eigenvalue weighted by molar-refractivity contribution is 0.0427. The van der Waals surface area contributed by atoms with Crippen molar-refractivity contribution in [2.75, 3.05) is 33.9 Å². The van der Waals surface area contributed by atoms with Gasteiger partial charge in [0.15, 0.2) is 5.58 Å². The van der Waals surface area contributed by atoms with Crippen molar-refractivity contribution >= 4 is 11.1 Å². The lowest BCUT2D eigenvalue weighted by Gasteiger charge is -2.19. The summed E-state index contributed by atoms with van der Waals surface area (Å²) < 4.78 is 11.7. The van der Waals surface area contributed by atoms with Gasteiger partial charge in [-0.1, -0.05) is 12.1 Å². The van der Waals surface area contributed by atoms with Crippen molar-refractivity contribution in [3.8, 4) is 0 Å². The topological polar surface area (TPSA) is 67.8 Å². The summed E-state index contributed by atoms with van der Waals surface area (Å²) in [5, 5.41) is 9.65. The van der Waals surface area contributed by atoms with Crippen LogP contribution in [0, 0.1) is 0 Å². The SMILES string of the molecule is COCC(O)CN(C)CCn1c(=O)oc2ccccc21. The van der Waals surface area contributed by atoms with E-state index in [9.17, 15) is 9.90 Å². The van der Waals surface area contributed by atoms with Crippen LogP contribution in [0.25, 0.3) is 11.1 Å². The van der Waals surface area contributed by atoms with Crippen LogP contribution in [-0.2, 0) is 11.3 Å². The second-order valence-corrected chi connectivity index (χ2v) is 4.86. The fourth-order valence-electron chi connectivity index (χ4n) is 2.19. The van der Waals surface area contributed by atoms with E-state index in [4.69, 9.17) is 9.15 Å². The first-order valence-corrected chi connectivity index (χ1v) is 6.55. The predicted molar refractivity (Wildman–Crippen MR) is 75.9 cm³/mol. The van der Waals surface area contributed by atoms with Gasteiger partial charge in [0.05, 0.1) is 18.2 Å². The monoisotopic (exact) mass is 280 g/mol. The molecule has 1 heterocycles. The van der Waals surface area contributed by atoms with Crippen LogP contribution in [-0.4, -0.2) is 54.5 Å². The molecule has 2 aromatic rings. The van der Waals surface area contributed by atoms with E-state index in [0.717, 1.165) is 5.52 Å². The van der Waals surface area contributed by atoms with Gasteiger partial charge in [0, 0.05) is 26.7 Å². The number of rotatable bonds is 7. The van der Waals surface area contributed by atoms with Crippen LogP contribution in [0.3, 0.4) is 0 Å². The van der Waals surface area contributed by atoms with E-state index in [1.54, 1.807) is 17.7 Å². The Hall–Kier alpha value is -1.63. The van der Waals surface area contributed by atoms with Crippen molar-refractivity contribution in [2.24, 2.45) is 0 Å². The lowest BCUT2D eigenvalue weighted by atomic mass is 10.3. The van der Waals surface area contributed by atoms with Gasteiger partial charge in [-0.05, 0) is 19.2 Å². The van der Waals surface area contributed by atoms with Gasteiger partial charge in [0.2, 0.25) is 0 Å². The Labute approximate surface area is 117 Å². The van der Waals surface area contributed by atoms with Crippen LogP contribution in [0.1, 0.15) is 0 Å². The molecule has 0 aliphatic rings. The number of aromatic nitrogens is 1. The average Bonchev–Trinajstić information content (AvgIpc) is 2.72. The Bertz CT molecular complexity index is 604. The summed E-state index contributed by atoms with van der Waals surface area (Å²) in [6, 6.07) is 7.35. The number of benzene rings is 1. The highest BCUT2D eigenvalue weighted by Gasteiger charge is 2.11. The number of hydrogen-bond acceptors (Lipinski definition) is 5. The second kappa shape index (κ2) is 6.69. The lowest BCUT2D eigenvalue weighted by Crippen LogP contribution is -2.34. The van der Waals surface area contributed by atoms with Gasteiger partial charge in [-0.25, -0.2) is 4.79 Å². The predicted octanol–water partition coefficient (Wildman–Crippen LogP) is 0.534. The van der Waals surface area contributed by atoms with E-state index < -0.39 is 6.10 Å². The number of aliphatic hydroxyl groups is 1. The van der Waals surface area contributed by atoms with E-state index in [0.29, 0.717) is 31.8 Å². The minimum atomic E-state index is -0.525. The summed E-state index contributed by atoms with van der Waals surface area (Å²) in [6.07, 6.45) is -0.525. The molecule has 1 aromatic carbocycles. The number of hydrogen-bond donors (Lipinski definition) is 1. The molecule has 0 saturated carbocycles.